The highest BCUT2D eigenvalue weighted by molar-refractivity contribution is 9.72. The van der Waals surface area contributed by atoms with Gasteiger partial charge in [-0.05, 0) is 12.8 Å². The molecule has 2 aliphatic rings. The lowest BCUT2D eigenvalue weighted by molar-refractivity contribution is 0.750. The van der Waals surface area contributed by atoms with E-state index in [0.29, 0.717) is 5.04 Å². The van der Waals surface area contributed by atoms with Crippen LogP contribution in [0.3, 0.4) is 0 Å². The van der Waals surface area contributed by atoms with Crippen LogP contribution in [0.1, 0.15) is 12.8 Å². The van der Waals surface area contributed by atoms with Crippen molar-refractivity contribution in [1.29, 1.82) is 0 Å². The molecule has 2 rings (SSSR count). The molecule has 0 saturated heterocycles. The second kappa shape index (κ2) is 2.56. The number of allylic oxidation sites excluding steroid dienone is 4. The molecule has 0 amide bonds. The van der Waals surface area contributed by atoms with Crippen molar-refractivity contribution < 1.29 is 0 Å². The molecule has 0 aliphatic heterocycles. The van der Waals surface area contributed by atoms with Crippen LogP contribution in [0.15, 0.2) is 23.8 Å². The van der Waals surface area contributed by atoms with Crippen LogP contribution in [0.5, 0.6) is 0 Å². The van der Waals surface area contributed by atoms with Crippen LogP contribution >= 0.6 is 45.9 Å². The molecule has 0 radical (unpaired) electrons. The lowest BCUT2D eigenvalue weighted by Gasteiger charge is -2.30. The zero-order valence-electron chi connectivity index (χ0n) is 5.78. The largest absolute Gasteiger partial charge is 0.277 e. The fourth-order valence-corrected chi connectivity index (χ4v) is 6.57. The minimum atomic E-state index is -1.53. The van der Waals surface area contributed by atoms with E-state index < -0.39 is 3.93 Å². The standard InChI is InChI=1S/C7H7Br3Si/c8-11(9,10)7-3-1-6(5-7)2-4-7/h1-3H,4-5H2. The van der Waals surface area contributed by atoms with Gasteiger partial charge in [0.2, 0.25) is 0 Å². The van der Waals surface area contributed by atoms with Crippen molar-refractivity contribution in [3.63, 3.8) is 0 Å². The van der Waals surface area contributed by atoms with Crippen molar-refractivity contribution in [3.05, 3.63) is 23.8 Å². The van der Waals surface area contributed by atoms with Crippen molar-refractivity contribution in [1.82, 2.24) is 0 Å². The Labute approximate surface area is 90.9 Å². The molecule has 0 heterocycles. The molecule has 1 atom stereocenters. The normalized spacial score (nSPS) is 34.6. The Bertz CT molecular complexity index is 251. The smallest absolute Gasteiger partial charge is 0.0955 e. The highest BCUT2D eigenvalue weighted by atomic mass is 80.0. The van der Waals surface area contributed by atoms with E-state index in [2.05, 4.69) is 64.1 Å². The van der Waals surface area contributed by atoms with Gasteiger partial charge < -0.3 is 0 Å². The summed E-state index contributed by atoms with van der Waals surface area (Å²) >= 11 is 11.2. The molecule has 0 saturated carbocycles. The number of hydrogen-bond acceptors (Lipinski definition) is 0. The predicted molar refractivity (Wildman–Crippen MR) is 61.7 cm³/mol. The molecule has 0 aromatic heterocycles. The maximum absolute atomic E-state index is 3.74. The van der Waals surface area contributed by atoms with Gasteiger partial charge in [-0.1, -0.05) is 69.7 Å². The van der Waals surface area contributed by atoms with Gasteiger partial charge in [0, 0.05) is 5.04 Å². The van der Waals surface area contributed by atoms with E-state index in [1.54, 1.807) is 0 Å². The van der Waals surface area contributed by atoms with Crippen molar-refractivity contribution >= 4 is 49.8 Å². The van der Waals surface area contributed by atoms with Gasteiger partial charge in [-0.15, -0.1) is 0 Å². The minimum Gasteiger partial charge on any atom is -0.0955 e. The molecule has 2 aliphatic carbocycles. The van der Waals surface area contributed by atoms with E-state index in [-0.39, 0.29) is 0 Å². The Kier molecular flexibility index (Phi) is 2.03. The second-order valence-corrected chi connectivity index (χ2v) is 25.4. The first-order valence-corrected chi connectivity index (χ1v) is 12.3. The van der Waals surface area contributed by atoms with Gasteiger partial charge in [-0.2, -0.15) is 0 Å². The molecule has 0 nitrogen and oxygen atoms in total. The summed E-state index contributed by atoms with van der Waals surface area (Å²) in [5.74, 6) is 0. The fourth-order valence-electron chi connectivity index (χ4n) is 1.65. The molecule has 11 heavy (non-hydrogen) atoms. The fraction of sp³-hybridized carbons (Fsp3) is 0.429. The summed E-state index contributed by atoms with van der Waals surface area (Å²) in [5, 5.41) is 0.363. The molecule has 0 N–H and O–H groups in total. The van der Waals surface area contributed by atoms with Crippen LogP contribution in [0.4, 0.5) is 0 Å². The Balaban J connectivity index is 2.35. The highest BCUT2D eigenvalue weighted by Gasteiger charge is 2.51. The van der Waals surface area contributed by atoms with Crippen LogP contribution in [-0.2, 0) is 0 Å². The molecular weight excluding hydrogens is 352 g/mol. The maximum Gasteiger partial charge on any atom is 0.277 e. The molecular formula is C7H7Br3Si. The van der Waals surface area contributed by atoms with E-state index in [9.17, 15) is 0 Å². The summed E-state index contributed by atoms with van der Waals surface area (Å²) in [4.78, 5) is 0. The quantitative estimate of drug-likeness (QED) is 0.488. The van der Waals surface area contributed by atoms with Crippen LogP contribution < -0.4 is 0 Å². The van der Waals surface area contributed by atoms with Gasteiger partial charge in [0.25, 0.3) is 3.93 Å². The summed E-state index contributed by atoms with van der Waals surface area (Å²) in [7, 11) is 0. The van der Waals surface area contributed by atoms with E-state index in [0.717, 1.165) is 0 Å². The van der Waals surface area contributed by atoms with Crippen molar-refractivity contribution in [3.8, 4) is 0 Å². The van der Waals surface area contributed by atoms with Gasteiger partial charge in [0.05, 0.1) is 0 Å². The molecule has 2 bridgehead atoms. The molecule has 4 heteroatoms. The predicted octanol–water partition coefficient (Wildman–Crippen LogP) is 4.14. The number of hydrogen-bond donors (Lipinski definition) is 0. The summed E-state index contributed by atoms with van der Waals surface area (Å²) < 4.78 is -1.53. The van der Waals surface area contributed by atoms with E-state index in [1.807, 2.05) is 0 Å². The average molecular weight is 359 g/mol. The van der Waals surface area contributed by atoms with Gasteiger partial charge >= 0.3 is 0 Å². The number of halogens is 3. The van der Waals surface area contributed by atoms with E-state index in [1.165, 1.54) is 18.4 Å². The second-order valence-electron chi connectivity index (χ2n) is 3.15. The lowest BCUT2D eigenvalue weighted by atomic mass is 10.1. The Morgan fingerprint density at radius 2 is 2.09 bits per heavy atom. The zero-order valence-corrected chi connectivity index (χ0v) is 11.5. The summed E-state index contributed by atoms with van der Waals surface area (Å²) in [6, 6.07) is 0. The minimum absolute atomic E-state index is 0.363. The van der Waals surface area contributed by atoms with E-state index in [4.69, 9.17) is 0 Å². The Morgan fingerprint density at radius 1 is 1.36 bits per heavy atom. The van der Waals surface area contributed by atoms with Crippen LogP contribution in [0.25, 0.3) is 0 Å². The van der Waals surface area contributed by atoms with Gasteiger partial charge in [-0.3, -0.25) is 0 Å². The van der Waals surface area contributed by atoms with Crippen molar-refractivity contribution in [2.75, 3.05) is 0 Å². The third-order valence-corrected chi connectivity index (χ3v) is 11.2. The molecule has 0 aromatic carbocycles. The Morgan fingerprint density at radius 3 is 2.27 bits per heavy atom. The van der Waals surface area contributed by atoms with Gasteiger partial charge in [0.1, 0.15) is 0 Å². The highest BCUT2D eigenvalue weighted by Crippen LogP contribution is 2.63. The van der Waals surface area contributed by atoms with Crippen LogP contribution in [-0.4, -0.2) is 3.93 Å². The molecule has 0 fully saturated rings. The monoisotopic (exact) mass is 356 g/mol. The zero-order chi connectivity index (χ0) is 8.11. The Hall–Kier alpha value is 1.14. The van der Waals surface area contributed by atoms with E-state index >= 15 is 0 Å². The third-order valence-electron chi connectivity index (χ3n) is 2.43. The SMILES string of the molecule is Br[Si](Br)(Br)C12C=CC(=CC1)C2. The topological polar surface area (TPSA) is 0 Å². The van der Waals surface area contributed by atoms with Gasteiger partial charge in [0.15, 0.2) is 0 Å². The maximum atomic E-state index is 3.74. The summed E-state index contributed by atoms with van der Waals surface area (Å²) in [6.45, 7) is 0. The molecule has 1 unspecified atom stereocenters. The first-order chi connectivity index (χ1) is 5.04. The summed E-state index contributed by atoms with van der Waals surface area (Å²) in [6.07, 6.45) is 9.32. The molecule has 0 aromatic rings. The van der Waals surface area contributed by atoms with Crippen LogP contribution in [0.2, 0.25) is 5.04 Å². The molecule has 60 valence electrons. The molecule has 0 spiro atoms. The van der Waals surface area contributed by atoms with Crippen molar-refractivity contribution in [2.45, 2.75) is 17.9 Å². The third kappa shape index (κ3) is 1.26. The lowest BCUT2D eigenvalue weighted by Crippen LogP contribution is -2.26. The first kappa shape index (κ1) is 8.72. The number of rotatable bonds is 1. The summed E-state index contributed by atoms with van der Waals surface area (Å²) in [5.41, 5.74) is 1.50. The van der Waals surface area contributed by atoms with Crippen LogP contribution in [0, 0.1) is 0 Å². The number of fused-ring (bicyclic) bond motifs is 2. The first-order valence-electron chi connectivity index (χ1n) is 3.49. The average Bonchev–Trinajstić information content (AvgIpc) is 2.42. The van der Waals surface area contributed by atoms with Gasteiger partial charge in [-0.25, -0.2) is 0 Å². The van der Waals surface area contributed by atoms with Crippen molar-refractivity contribution in [2.24, 2.45) is 0 Å².